The van der Waals surface area contributed by atoms with Crippen molar-refractivity contribution in [1.29, 1.82) is 0 Å². The summed E-state index contributed by atoms with van der Waals surface area (Å²) < 4.78 is 39.0. The third-order valence-electron chi connectivity index (χ3n) is 3.11. The van der Waals surface area contributed by atoms with E-state index in [1.54, 1.807) is 0 Å². The third-order valence-corrected chi connectivity index (χ3v) is 4.80. The largest absolute Gasteiger partial charge is 0.481 e. The first-order valence-electron chi connectivity index (χ1n) is 5.45. The molecule has 0 radical (unpaired) electrons. The minimum atomic E-state index is -3.89. The van der Waals surface area contributed by atoms with Crippen LogP contribution < -0.4 is 4.72 Å². The average Bonchev–Trinajstić information content (AvgIpc) is 3.11. The number of carbonyl (C=O) groups is 1. The lowest BCUT2D eigenvalue weighted by atomic mass is 10.1. The van der Waals surface area contributed by atoms with Crippen LogP contribution in [0.1, 0.15) is 12.8 Å². The molecule has 0 heterocycles. The Morgan fingerprint density at radius 2 is 2.11 bits per heavy atom. The molecule has 19 heavy (non-hydrogen) atoms. The number of sulfonamides is 1. The molecule has 104 valence electrons. The number of halogens is 2. The zero-order valence-corrected chi connectivity index (χ0v) is 11.3. The summed E-state index contributed by atoms with van der Waals surface area (Å²) in [5.41, 5.74) is -1.00. The fraction of sp³-hybridized carbons (Fsp3) is 0.364. The number of carboxylic acids is 1. The van der Waals surface area contributed by atoms with Crippen LogP contribution in [-0.4, -0.2) is 26.0 Å². The summed E-state index contributed by atoms with van der Waals surface area (Å²) in [6, 6.07) is 3.00. The molecular weight excluding hydrogens is 297 g/mol. The molecule has 0 amide bonds. The summed E-state index contributed by atoms with van der Waals surface area (Å²) in [7, 11) is -3.89. The van der Waals surface area contributed by atoms with Gasteiger partial charge in [0.05, 0.1) is 15.3 Å². The second-order valence-electron chi connectivity index (χ2n) is 4.49. The van der Waals surface area contributed by atoms with Crippen LogP contribution in [0.3, 0.4) is 0 Å². The van der Waals surface area contributed by atoms with Crippen LogP contribution in [0, 0.1) is 11.2 Å². The lowest BCUT2D eigenvalue weighted by molar-refractivity contribution is -0.143. The van der Waals surface area contributed by atoms with E-state index in [0.29, 0.717) is 12.8 Å². The Hall–Kier alpha value is -1.18. The van der Waals surface area contributed by atoms with Crippen LogP contribution in [0.5, 0.6) is 0 Å². The van der Waals surface area contributed by atoms with E-state index in [1.807, 2.05) is 0 Å². The number of benzene rings is 1. The maximum atomic E-state index is 13.0. The first-order valence-corrected chi connectivity index (χ1v) is 7.31. The molecule has 1 fully saturated rings. The molecule has 5 nitrogen and oxygen atoms in total. The molecule has 0 aliphatic heterocycles. The third kappa shape index (κ3) is 2.88. The van der Waals surface area contributed by atoms with Crippen molar-refractivity contribution in [2.45, 2.75) is 17.7 Å². The Morgan fingerprint density at radius 3 is 2.58 bits per heavy atom. The van der Waals surface area contributed by atoms with Crippen LogP contribution in [0.15, 0.2) is 23.1 Å². The summed E-state index contributed by atoms with van der Waals surface area (Å²) in [6.07, 6.45) is 0.879. The van der Waals surface area contributed by atoms with Gasteiger partial charge in [-0.05, 0) is 31.0 Å². The van der Waals surface area contributed by atoms with Crippen molar-refractivity contribution in [3.63, 3.8) is 0 Å². The zero-order chi connectivity index (χ0) is 14.3. The Kier molecular flexibility index (Phi) is 3.55. The highest BCUT2D eigenvalue weighted by Crippen LogP contribution is 2.45. The van der Waals surface area contributed by atoms with Gasteiger partial charge in [-0.3, -0.25) is 4.79 Å². The Balaban J connectivity index is 2.14. The van der Waals surface area contributed by atoms with Gasteiger partial charge in [0.2, 0.25) is 10.0 Å². The predicted octanol–water partition coefficient (Wildman–Crippen LogP) is 1.62. The van der Waals surface area contributed by atoms with Gasteiger partial charge in [0.1, 0.15) is 5.82 Å². The number of hydrogen-bond acceptors (Lipinski definition) is 3. The molecule has 2 N–H and O–H groups in total. The molecule has 0 spiro atoms. The van der Waals surface area contributed by atoms with Gasteiger partial charge in [-0.2, -0.15) is 0 Å². The van der Waals surface area contributed by atoms with E-state index in [0.717, 1.165) is 18.2 Å². The van der Waals surface area contributed by atoms with Crippen molar-refractivity contribution in [2.24, 2.45) is 5.41 Å². The second kappa shape index (κ2) is 4.73. The molecule has 0 bridgehead atoms. The van der Waals surface area contributed by atoms with Gasteiger partial charge in [-0.1, -0.05) is 11.6 Å². The maximum absolute atomic E-state index is 13.0. The summed E-state index contributed by atoms with van der Waals surface area (Å²) in [4.78, 5) is 10.7. The minimum Gasteiger partial charge on any atom is -0.481 e. The molecule has 0 atom stereocenters. The molecular formula is C11H11ClFNO4S. The van der Waals surface area contributed by atoms with Crippen molar-refractivity contribution in [3.8, 4) is 0 Å². The van der Waals surface area contributed by atoms with Crippen molar-refractivity contribution < 1.29 is 22.7 Å². The van der Waals surface area contributed by atoms with Gasteiger partial charge < -0.3 is 5.11 Å². The van der Waals surface area contributed by atoms with Crippen molar-refractivity contribution >= 4 is 27.6 Å². The van der Waals surface area contributed by atoms with Crippen molar-refractivity contribution in [1.82, 2.24) is 4.72 Å². The van der Waals surface area contributed by atoms with Gasteiger partial charge >= 0.3 is 5.97 Å². The van der Waals surface area contributed by atoms with E-state index >= 15 is 0 Å². The van der Waals surface area contributed by atoms with Gasteiger partial charge in [0.15, 0.2) is 0 Å². The van der Waals surface area contributed by atoms with Crippen molar-refractivity contribution in [2.75, 3.05) is 6.54 Å². The lowest BCUT2D eigenvalue weighted by Gasteiger charge is -2.11. The standard InChI is InChI=1S/C11H11ClFNO4S/c12-8-5-7(1-2-9(8)13)19(17,18)14-6-11(3-4-11)10(15)16/h1-2,5,14H,3-4,6H2,(H,15,16). The summed E-state index contributed by atoms with van der Waals surface area (Å²) in [5.74, 6) is -1.74. The highest BCUT2D eigenvalue weighted by molar-refractivity contribution is 7.89. The molecule has 1 aromatic carbocycles. The van der Waals surface area contributed by atoms with Crippen LogP contribution in [0.25, 0.3) is 0 Å². The molecule has 0 saturated heterocycles. The zero-order valence-electron chi connectivity index (χ0n) is 9.69. The summed E-state index contributed by atoms with van der Waals surface area (Å²) >= 11 is 5.51. The molecule has 1 saturated carbocycles. The number of aliphatic carboxylic acids is 1. The summed E-state index contributed by atoms with van der Waals surface area (Å²) in [6.45, 7) is -0.181. The first-order chi connectivity index (χ1) is 8.77. The lowest BCUT2D eigenvalue weighted by Crippen LogP contribution is -2.34. The highest BCUT2D eigenvalue weighted by atomic mass is 35.5. The van der Waals surface area contributed by atoms with Gasteiger partial charge in [0, 0.05) is 6.54 Å². The highest BCUT2D eigenvalue weighted by Gasteiger charge is 2.50. The number of carboxylic acid groups (broad SMARTS) is 1. The molecule has 8 heteroatoms. The van der Waals surface area contributed by atoms with Crippen LogP contribution >= 0.6 is 11.6 Å². The van der Waals surface area contributed by atoms with E-state index in [2.05, 4.69) is 4.72 Å². The maximum Gasteiger partial charge on any atom is 0.310 e. The topological polar surface area (TPSA) is 83.5 Å². The van der Waals surface area contributed by atoms with Gasteiger partial charge in [-0.25, -0.2) is 17.5 Å². The Morgan fingerprint density at radius 1 is 1.47 bits per heavy atom. The monoisotopic (exact) mass is 307 g/mol. The Bertz CT molecular complexity index is 628. The normalized spacial score (nSPS) is 17.2. The first kappa shape index (κ1) is 14.2. The predicted molar refractivity (Wildman–Crippen MR) is 65.9 cm³/mol. The fourth-order valence-corrected chi connectivity index (χ4v) is 2.98. The molecule has 2 rings (SSSR count). The van der Waals surface area contributed by atoms with Gasteiger partial charge in [0.25, 0.3) is 0 Å². The minimum absolute atomic E-state index is 0.181. The van der Waals surface area contributed by atoms with Crippen LogP contribution in [0.2, 0.25) is 5.02 Å². The smallest absolute Gasteiger partial charge is 0.310 e. The Labute approximate surface area is 114 Å². The van der Waals surface area contributed by atoms with Crippen LogP contribution in [-0.2, 0) is 14.8 Å². The van der Waals surface area contributed by atoms with Gasteiger partial charge in [-0.15, -0.1) is 0 Å². The SMILES string of the molecule is O=C(O)C1(CNS(=O)(=O)c2ccc(F)c(Cl)c2)CC1. The van der Waals surface area contributed by atoms with Crippen molar-refractivity contribution in [3.05, 3.63) is 29.0 Å². The quantitative estimate of drug-likeness (QED) is 0.866. The second-order valence-corrected chi connectivity index (χ2v) is 6.66. The molecule has 1 aromatic rings. The average molecular weight is 308 g/mol. The van der Waals surface area contributed by atoms with E-state index in [4.69, 9.17) is 16.7 Å². The van der Waals surface area contributed by atoms with E-state index in [-0.39, 0.29) is 16.5 Å². The van der Waals surface area contributed by atoms with E-state index in [9.17, 15) is 17.6 Å². The number of rotatable bonds is 5. The van der Waals surface area contributed by atoms with E-state index < -0.39 is 27.2 Å². The molecule has 1 aliphatic carbocycles. The molecule has 0 unspecified atom stereocenters. The molecule has 1 aliphatic rings. The number of hydrogen-bond donors (Lipinski definition) is 2. The number of nitrogens with one attached hydrogen (secondary N) is 1. The fourth-order valence-electron chi connectivity index (χ4n) is 1.58. The van der Waals surface area contributed by atoms with Crippen LogP contribution in [0.4, 0.5) is 4.39 Å². The molecule has 0 aromatic heterocycles. The summed E-state index contributed by atoms with van der Waals surface area (Å²) in [5, 5.41) is 8.64. The van der Waals surface area contributed by atoms with E-state index in [1.165, 1.54) is 0 Å².